The van der Waals surface area contributed by atoms with Gasteiger partial charge in [0.2, 0.25) is 0 Å². The van der Waals surface area contributed by atoms with Gasteiger partial charge in [-0.05, 0) is 19.3 Å². The molecule has 0 aliphatic heterocycles. The fourth-order valence-electron chi connectivity index (χ4n) is 0.890. The predicted molar refractivity (Wildman–Crippen MR) is 45.1 cm³/mol. The Morgan fingerprint density at radius 2 is 1.86 bits per heavy atom. The first-order chi connectivity index (χ1) is 6.49. The van der Waals surface area contributed by atoms with Crippen LogP contribution in [0, 0.1) is 0 Å². The fraction of sp³-hybridized carbons (Fsp3) is 0.714. The van der Waals surface area contributed by atoms with E-state index in [-0.39, 0.29) is 19.3 Å². The zero-order valence-corrected chi connectivity index (χ0v) is 7.44. The molecule has 0 heterocycles. The lowest BCUT2D eigenvalue weighted by Crippen LogP contribution is -2.33. The van der Waals surface area contributed by atoms with E-state index >= 15 is 0 Å². The molecular formula is C7H13FN2O4. The summed E-state index contributed by atoms with van der Waals surface area (Å²) in [6, 6.07) is -2.32. The van der Waals surface area contributed by atoms with Crippen LogP contribution in [0.5, 0.6) is 0 Å². The molecule has 2 atom stereocenters. The number of carboxylic acid groups (broad SMARTS) is 2. The van der Waals surface area contributed by atoms with Crippen molar-refractivity contribution in [3.63, 3.8) is 0 Å². The van der Waals surface area contributed by atoms with Crippen LogP contribution < -0.4 is 11.3 Å². The van der Waals surface area contributed by atoms with Gasteiger partial charge in [-0.15, -0.1) is 10.0 Å². The van der Waals surface area contributed by atoms with Crippen LogP contribution in [-0.4, -0.2) is 34.2 Å². The molecule has 1 unspecified atom stereocenters. The summed E-state index contributed by atoms with van der Waals surface area (Å²) in [6.45, 7) is 0. The van der Waals surface area contributed by atoms with Crippen molar-refractivity contribution in [2.45, 2.75) is 31.3 Å². The second-order valence-electron chi connectivity index (χ2n) is 2.88. The van der Waals surface area contributed by atoms with Gasteiger partial charge in [0.25, 0.3) is 0 Å². The Labute approximate surface area is 79.8 Å². The van der Waals surface area contributed by atoms with Gasteiger partial charge in [-0.3, -0.25) is 9.59 Å². The molecule has 14 heavy (non-hydrogen) atoms. The van der Waals surface area contributed by atoms with Crippen LogP contribution in [0.15, 0.2) is 0 Å². The second kappa shape index (κ2) is 6.28. The molecule has 0 aromatic rings. The molecule has 0 amide bonds. The lowest BCUT2D eigenvalue weighted by molar-refractivity contribution is -0.141. The molecule has 7 heteroatoms. The monoisotopic (exact) mass is 208 g/mol. The van der Waals surface area contributed by atoms with Crippen LogP contribution in [0.1, 0.15) is 19.3 Å². The van der Waals surface area contributed by atoms with Crippen LogP contribution in [0.3, 0.4) is 0 Å². The molecule has 0 rings (SSSR count). The highest BCUT2D eigenvalue weighted by Gasteiger charge is 2.18. The Bertz CT molecular complexity index is 212. The number of carboxylic acids is 2. The summed E-state index contributed by atoms with van der Waals surface area (Å²) < 4.78 is 11.8. The summed E-state index contributed by atoms with van der Waals surface area (Å²) in [6.07, 6.45) is 0.370. The molecule has 0 saturated heterocycles. The summed E-state index contributed by atoms with van der Waals surface area (Å²) in [5.41, 5.74) is 6.28. The summed E-state index contributed by atoms with van der Waals surface area (Å²) in [5.74, 6) is -2.46. The minimum atomic E-state index is -1.31. The Morgan fingerprint density at radius 3 is 2.21 bits per heavy atom. The van der Waals surface area contributed by atoms with Gasteiger partial charge >= 0.3 is 11.9 Å². The van der Waals surface area contributed by atoms with Crippen LogP contribution in [0.4, 0.5) is 4.48 Å². The fourth-order valence-corrected chi connectivity index (χ4v) is 0.890. The van der Waals surface area contributed by atoms with E-state index in [4.69, 9.17) is 15.9 Å². The van der Waals surface area contributed by atoms with E-state index in [1.807, 2.05) is 0 Å². The molecule has 0 aromatic carbocycles. The first-order valence-electron chi connectivity index (χ1n) is 4.06. The van der Waals surface area contributed by atoms with E-state index in [2.05, 4.69) is 0 Å². The maximum atomic E-state index is 11.8. The van der Waals surface area contributed by atoms with Gasteiger partial charge in [0.15, 0.2) is 0 Å². The molecule has 82 valence electrons. The third kappa shape index (κ3) is 4.73. The maximum absolute atomic E-state index is 11.8. The van der Waals surface area contributed by atoms with Crippen molar-refractivity contribution in [1.29, 1.82) is 0 Å². The van der Waals surface area contributed by atoms with Gasteiger partial charge < -0.3 is 15.9 Å². The van der Waals surface area contributed by atoms with E-state index in [9.17, 15) is 14.1 Å². The van der Waals surface area contributed by atoms with Gasteiger partial charge in [0.05, 0.1) is 0 Å². The van der Waals surface area contributed by atoms with Crippen LogP contribution in [-0.2, 0) is 9.59 Å². The van der Waals surface area contributed by atoms with Gasteiger partial charge in [-0.1, -0.05) is 0 Å². The van der Waals surface area contributed by atoms with Crippen molar-refractivity contribution in [2.75, 3.05) is 0 Å². The molecule has 0 aromatic heterocycles. The second-order valence-corrected chi connectivity index (χ2v) is 2.88. The highest BCUT2D eigenvalue weighted by molar-refractivity contribution is 5.73. The van der Waals surface area contributed by atoms with E-state index in [0.717, 1.165) is 5.54 Å². The number of nitrogens with one attached hydrogen (secondary N) is 1. The number of rotatable bonds is 7. The highest BCUT2D eigenvalue weighted by Crippen LogP contribution is 2.03. The third-order valence-corrected chi connectivity index (χ3v) is 1.75. The Kier molecular flexibility index (Phi) is 5.73. The average molecular weight is 208 g/mol. The van der Waals surface area contributed by atoms with E-state index < -0.39 is 24.0 Å². The molecule has 6 nitrogen and oxygen atoms in total. The number of carbonyl (C=O) groups is 2. The molecule has 0 radical (unpaired) electrons. The summed E-state index contributed by atoms with van der Waals surface area (Å²) in [5, 5.41) is 16.8. The van der Waals surface area contributed by atoms with Crippen LogP contribution >= 0.6 is 0 Å². The van der Waals surface area contributed by atoms with Gasteiger partial charge in [-0.25, -0.2) is 0 Å². The molecular weight excluding hydrogens is 195 g/mol. The molecule has 0 bridgehead atoms. The topological polar surface area (TPSA) is 113 Å². The molecule has 0 spiro atoms. The molecule has 0 saturated carbocycles. The Hall–Kier alpha value is -1.21. The van der Waals surface area contributed by atoms with Crippen molar-refractivity contribution >= 4 is 11.9 Å². The number of nitrogens with two attached hydrogens (primary N) is 1. The maximum Gasteiger partial charge on any atom is 0.323 e. The zero-order valence-electron chi connectivity index (χ0n) is 7.44. The minimum Gasteiger partial charge on any atom is -0.480 e. The number of halogens is 1. The first-order valence-corrected chi connectivity index (χ1v) is 4.06. The summed E-state index contributed by atoms with van der Waals surface area (Å²) >= 11 is 0. The Morgan fingerprint density at radius 1 is 1.29 bits per heavy atom. The van der Waals surface area contributed by atoms with E-state index in [1.54, 1.807) is 0 Å². The third-order valence-electron chi connectivity index (χ3n) is 1.75. The summed E-state index contributed by atoms with van der Waals surface area (Å²) in [7, 11) is 0. The zero-order chi connectivity index (χ0) is 11.1. The van der Waals surface area contributed by atoms with Crippen molar-refractivity contribution in [3.05, 3.63) is 0 Å². The smallest absolute Gasteiger partial charge is 0.323 e. The molecule has 0 fully saturated rings. The largest absolute Gasteiger partial charge is 0.480 e. The summed E-state index contributed by atoms with van der Waals surface area (Å²) in [4.78, 5) is 20.5. The Balaban J connectivity index is 3.71. The van der Waals surface area contributed by atoms with Gasteiger partial charge in [0, 0.05) is 0 Å². The van der Waals surface area contributed by atoms with Crippen molar-refractivity contribution in [1.82, 2.24) is 5.54 Å². The first kappa shape index (κ1) is 12.8. The molecule has 0 aliphatic carbocycles. The van der Waals surface area contributed by atoms with Gasteiger partial charge in [-0.2, -0.15) is 0 Å². The van der Waals surface area contributed by atoms with E-state index in [0.29, 0.717) is 0 Å². The lowest BCUT2D eigenvalue weighted by Gasteiger charge is -2.09. The van der Waals surface area contributed by atoms with Crippen molar-refractivity contribution in [2.24, 2.45) is 5.73 Å². The van der Waals surface area contributed by atoms with Crippen LogP contribution in [0.25, 0.3) is 0 Å². The normalized spacial score (nSPS) is 14.7. The SMILES string of the molecule is NC(CCC[C@H](NF)C(=O)O)C(=O)O. The number of aliphatic carboxylic acids is 2. The average Bonchev–Trinajstić information content (AvgIpc) is 2.11. The predicted octanol–water partition coefficient (Wildman–Crippen LogP) is -0.504. The van der Waals surface area contributed by atoms with E-state index in [1.165, 1.54) is 0 Å². The number of hydrogen-bond acceptors (Lipinski definition) is 4. The van der Waals surface area contributed by atoms with Gasteiger partial charge in [0.1, 0.15) is 12.1 Å². The molecule has 5 N–H and O–H groups in total. The number of hydrogen-bond donors (Lipinski definition) is 4. The van der Waals surface area contributed by atoms with Crippen molar-refractivity contribution < 1.29 is 24.3 Å². The standard InChI is InChI=1S/C7H13FN2O4/c8-10-5(7(13)14)3-1-2-4(9)6(11)12/h4-5,10H,1-3,9H2,(H,11,12)(H,13,14)/t4?,5-/m0/s1. The van der Waals surface area contributed by atoms with Crippen molar-refractivity contribution in [3.8, 4) is 0 Å². The highest BCUT2D eigenvalue weighted by atomic mass is 19.2. The quantitative estimate of drug-likeness (QED) is 0.419. The minimum absolute atomic E-state index is 0.00676. The lowest BCUT2D eigenvalue weighted by atomic mass is 10.1. The van der Waals surface area contributed by atoms with Crippen LogP contribution in [0.2, 0.25) is 0 Å². The molecule has 0 aliphatic rings.